The van der Waals surface area contributed by atoms with Gasteiger partial charge in [-0.25, -0.2) is 0 Å². The second-order valence-electron chi connectivity index (χ2n) is 5.21. The predicted octanol–water partition coefficient (Wildman–Crippen LogP) is 3.41. The molecule has 3 N–H and O–H groups in total. The van der Waals surface area contributed by atoms with Gasteiger partial charge in [-0.15, -0.1) is 0 Å². The van der Waals surface area contributed by atoms with Crippen molar-refractivity contribution in [1.82, 2.24) is 0 Å². The van der Waals surface area contributed by atoms with Crippen LogP contribution in [0.4, 0.5) is 11.4 Å². The molecule has 0 aliphatic heterocycles. The zero-order valence-corrected chi connectivity index (χ0v) is 11.0. The van der Waals surface area contributed by atoms with E-state index in [4.69, 9.17) is 5.73 Å². The van der Waals surface area contributed by atoms with Crippen molar-refractivity contribution in [1.29, 1.82) is 0 Å². The van der Waals surface area contributed by atoms with Crippen molar-refractivity contribution in [2.45, 2.75) is 32.1 Å². The van der Waals surface area contributed by atoms with Gasteiger partial charge in [0.05, 0.1) is 0 Å². The van der Waals surface area contributed by atoms with Gasteiger partial charge in [0, 0.05) is 26.0 Å². The van der Waals surface area contributed by atoms with Gasteiger partial charge in [0.15, 0.2) is 0 Å². The molecular formula is C12H22N2Si. The van der Waals surface area contributed by atoms with E-state index in [2.05, 4.69) is 25.0 Å². The van der Waals surface area contributed by atoms with Crippen molar-refractivity contribution in [3.8, 4) is 0 Å². The van der Waals surface area contributed by atoms with Crippen LogP contribution in [0.15, 0.2) is 24.3 Å². The minimum Gasteiger partial charge on any atom is -0.399 e. The highest BCUT2D eigenvalue weighted by molar-refractivity contribution is 6.76. The van der Waals surface area contributed by atoms with Crippen LogP contribution in [0.5, 0.6) is 0 Å². The third kappa shape index (κ3) is 5.47. The Hall–Kier alpha value is -0.963. The van der Waals surface area contributed by atoms with E-state index in [1.54, 1.807) is 0 Å². The molecule has 2 nitrogen and oxygen atoms in total. The fraction of sp³-hybridized carbons (Fsp3) is 0.500. The Labute approximate surface area is 93.9 Å². The van der Waals surface area contributed by atoms with Crippen LogP contribution in [0, 0.1) is 0 Å². The highest BCUT2D eigenvalue weighted by Gasteiger charge is 2.11. The first kappa shape index (κ1) is 12.1. The van der Waals surface area contributed by atoms with Crippen LogP contribution in [-0.4, -0.2) is 14.6 Å². The molecule has 0 aromatic heterocycles. The van der Waals surface area contributed by atoms with Crippen molar-refractivity contribution in [2.24, 2.45) is 0 Å². The summed E-state index contributed by atoms with van der Waals surface area (Å²) in [6, 6.07) is 9.31. The SMILES string of the molecule is C[Si](C)(C)CCCNc1ccc(N)cc1. The fourth-order valence-electron chi connectivity index (χ4n) is 1.45. The quantitative estimate of drug-likeness (QED) is 0.455. The van der Waals surface area contributed by atoms with Gasteiger partial charge in [0.25, 0.3) is 0 Å². The summed E-state index contributed by atoms with van der Waals surface area (Å²) in [5.41, 5.74) is 7.60. The zero-order valence-electron chi connectivity index (χ0n) is 10.0. The molecule has 0 fully saturated rings. The van der Waals surface area contributed by atoms with Gasteiger partial charge < -0.3 is 11.1 Å². The molecule has 1 aromatic rings. The first-order chi connectivity index (χ1) is 6.97. The summed E-state index contributed by atoms with van der Waals surface area (Å²) in [5, 5.41) is 3.41. The minimum absolute atomic E-state index is 0.822. The molecule has 15 heavy (non-hydrogen) atoms. The van der Waals surface area contributed by atoms with E-state index in [-0.39, 0.29) is 0 Å². The fourth-order valence-corrected chi connectivity index (χ4v) is 2.69. The molecule has 0 bridgehead atoms. The average molecular weight is 222 g/mol. The monoisotopic (exact) mass is 222 g/mol. The summed E-state index contributed by atoms with van der Waals surface area (Å²) >= 11 is 0. The van der Waals surface area contributed by atoms with E-state index in [9.17, 15) is 0 Å². The normalized spacial score (nSPS) is 11.4. The molecule has 0 heterocycles. The Morgan fingerprint density at radius 3 is 2.27 bits per heavy atom. The molecule has 0 aliphatic carbocycles. The highest BCUT2D eigenvalue weighted by Crippen LogP contribution is 2.13. The van der Waals surface area contributed by atoms with Gasteiger partial charge in [-0.3, -0.25) is 0 Å². The molecule has 0 unspecified atom stereocenters. The molecule has 1 rings (SSSR count). The van der Waals surface area contributed by atoms with Crippen molar-refractivity contribution < 1.29 is 0 Å². The molecule has 84 valence electrons. The van der Waals surface area contributed by atoms with Crippen LogP contribution in [0.1, 0.15) is 6.42 Å². The maximum atomic E-state index is 5.62. The lowest BCUT2D eigenvalue weighted by Crippen LogP contribution is -2.20. The summed E-state index contributed by atoms with van der Waals surface area (Å²) in [5.74, 6) is 0. The highest BCUT2D eigenvalue weighted by atomic mass is 28.3. The van der Waals surface area contributed by atoms with E-state index in [0.717, 1.165) is 12.2 Å². The van der Waals surface area contributed by atoms with Gasteiger partial charge >= 0.3 is 0 Å². The number of hydrogen-bond donors (Lipinski definition) is 2. The lowest BCUT2D eigenvalue weighted by Gasteiger charge is -2.15. The molecule has 0 saturated heterocycles. The summed E-state index contributed by atoms with van der Waals surface area (Å²) in [6.45, 7) is 8.30. The number of benzene rings is 1. The number of anilines is 2. The van der Waals surface area contributed by atoms with Crippen LogP contribution in [0.2, 0.25) is 25.7 Å². The van der Waals surface area contributed by atoms with Crippen LogP contribution in [-0.2, 0) is 0 Å². The average Bonchev–Trinajstić information content (AvgIpc) is 2.14. The van der Waals surface area contributed by atoms with Gasteiger partial charge in [-0.1, -0.05) is 25.7 Å². The minimum atomic E-state index is -0.864. The second kappa shape index (κ2) is 5.21. The van der Waals surface area contributed by atoms with Crippen molar-refractivity contribution in [3.63, 3.8) is 0 Å². The summed E-state index contributed by atoms with van der Waals surface area (Å²) in [6.07, 6.45) is 1.26. The lowest BCUT2D eigenvalue weighted by atomic mass is 10.3. The Balaban J connectivity index is 2.23. The van der Waals surface area contributed by atoms with E-state index in [1.165, 1.54) is 18.2 Å². The molecular weight excluding hydrogens is 200 g/mol. The standard InChI is InChI=1S/C12H22N2Si/c1-15(2,3)10-4-9-14-12-7-5-11(13)6-8-12/h5-8,14H,4,9-10,13H2,1-3H3. The van der Waals surface area contributed by atoms with E-state index >= 15 is 0 Å². The molecule has 0 radical (unpaired) electrons. The predicted molar refractivity (Wildman–Crippen MR) is 72.1 cm³/mol. The van der Waals surface area contributed by atoms with Gasteiger partial charge in [-0.05, 0) is 30.7 Å². The van der Waals surface area contributed by atoms with Gasteiger partial charge in [0.2, 0.25) is 0 Å². The number of nitrogens with two attached hydrogens (primary N) is 1. The van der Waals surface area contributed by atoms with E-state index < -0.39 is 8.07 Å². The third-order valence-corrected chi connectivity index (χ3v) is 4.20. The number of nitrogens with one attached hydrogen (secondary N) is 1. The molecule has 0 spiro atoms. The van der Waals surface area contributed by atoms with Crippen LogP contribution in [0.3, 0.4) is 0 Å². The molecule has 0 amide bonds. The second-order valence-corrected chi connectivity index (χ2v) is 10.8. The van der Waals surface area contributed by atoms with E-state index in [0.29, 0.717) is 0 Å². The topological polar surface area (TPSA) is 38.0 Å². The van der Waals surface area contributed by atoms with Gasteiger partial charge in [0.1, 0.15) is 0 Å². The first-order valence-corrected chi connectivity index (χ1v) is 9.27. The maximum Gasteiger partial charge on any atom is 0.0443 e. The molecule has 3 heteroatoms. The summed E-state index contributed by atoms with van der Waals surface area (Å²) < 4.78 is 0. The molecule has 0 atom stereocenters. The van der Waals surface area contributed by atoms with Crippen molar-refractivity contribution in [2.75, 3.05) is 17.6 Å². The maximum absolute atomic E-state index is 5.62. The van der Waals surface area contributed by atoms with Crippen molar-refractivity contribution in [3.05, 3.63) is 24.3 Å². The Morgan fingerprint density at radius 2 is 1.73 bits per heavy atom. The first-order valence-electron chi connectivity index (χ1n) is 5.57. The number of nitrogen functional groups attached to an aromatic ring is 1. The molecule has 0 aliphatic rings. The largest absolute Gasteiger partial charge is 0.399 e. The molecule has 1 aromatic carbocycles. The molecule has 0 saturated carbocycles. The smallest absolute Gasteiger partial charge is 0.0443 e. The summed E-state index contributed by atoms with van der Waals surface area (Å²) in [4.78, 5) is 0. The third-order valence-electron chi connectivity index (χ3n) is 2.34. The van der Waals surface area contributed by atoms with Crippen LogP contribution in [0.25, 0.3) is 0 Å². The summed E-state index contributed by atoms with van der Waals surface area (Å²) in [7, 11) is -0.864. The van der Waals surface area contributed by atoms with Gasteiger partial charge in [-0.2, -0.15) is 0 Å². The van der Waals surface area contributed by atoms with Crippen LogP contribution < -0.4 is 11.1 Å². The van der Waals surface area contributed by atoms with Crippen LogP contribution >= 0.6 is 0 Å². The Kier molecular flexibility index (Phi) is 4.21. The lowest BCUT2D eigenvalue weighted by molar-refractivity contribution is 0.955. The number of hydrogen-bond acceptors (Lipinski definition) is 2. The van der Waals surface area contributed by atoms with Crippen molar-refractivity contribution >= 4 is 19.4 Å². The number of rotatable bonds is 5. The Bertz CT molecular complexity index is 287. The Morgan fingerprint density at radius 1 is 1.13 bits per heavy atom. The zero-order chi connectivity index (χ0) is 11.3. The van der Waals surface area contributed by atoms with E-state index in [1.807, 2.05) is 24.3 Å².